The summed E-state index contributed by atoms with van der Waals surface area (Å²) in [5, 5.41) is 15.3. The molecule has 178 valence electrons. The van der Waals surface area contributed by atoms with E-state index in [1.54, 1.807) is 20.8 Å². The van der Waals surface area contributed by atoms with Crippen LogP contribution in [0.3, 0.4) is 0 Å². The van der Waals surface area contributed by atoms with Crippen LogP contribution in [0.1, 0.15) is 52.5 Å². The van der Waals surface area contributed by atoms with Gasteiger partial charge in [-0.3, -0.25) is 19.8 Å². The second kappa shape index (κ2) is 9.89. The number of rotatable bonds is 7. The molecule has 1 saturated heterocycles. The van der Waals surface area contributed by atoms with Crippen LogP contribution in [0.25, 0.3) is 0 Å². The zero-order valence-electron chi connectivity index (χ0n) is 20.0. The van der Waals surface area contributed by atoms with Crippen molar-refractivity contribution < 1.29 is 24.2 Å². The van der Waals surface area contributed by atoms with Crippen molar-refractivity contribution in [3.05, 3.63) is 35.9 Å². The number of aliphatic hydroxyl groups is 1. The monoisotopic (exact) mass is 446 g/mol. The number of esters is 2. The van der Waals surface area contributed by atoms with Gasteiger partial charge in [0.15, 0.2) is 0 Å². The van der Waals surface area contributed by atoms with Gasteiger partial charge in [-0.2, -0.15) is 0 Å². The third-order valence-electron chi connectivity index (χ3n) is 6.76. The lowest BCUT2D eigenvalue weighted by Gasteiger charge is -2.56. The van der Waals surface area contributed by atoms with Crippen molar-refractivity contribution in [3.63, 3.8) is 0 Å². The lowest BCUT2D eigenvalue weighted by Crippen LogP contribution is -2.70. The van der Waals surface area contributed by atoms with Gasteiger partial charge in [-0.15, -0.1) is 0 Å². The Morgan fingerprint density at radius 1 is 1.12 bits per heavy atom. The van der Waals surface area contributed by atoms with Crippen molar-refractivity contribution in [2.24, 2.45) is 17.8 Å². The van der Waals surface area contributed by atoms with E-state index in [0.29, 0.717) is 12.5 Å². The van der Waals surface area contributed by atoms with E-state index >= 15 is 0 Å². The number of nitrogens with zero attached hydrogens (tertiary/aromatic N) is 1. The van der Waals surface area contributed by atoms with Gasteiger partial charge < -0.3 is 14.6 Å². The summed E-state index contributed by atoms with van der Waals surface area (Å²) in [5.41, 5.74) is -1.38. The van der Waals surface area contributed by atoms with E-state index in [1.807, 2.05) is 30.3 Å². The molecule has 5 atom stereocenters. The van der Waals surface area contributed by atoms with E-state index in [-0.39, 0.29) is 25.6 Å². The summed E-state index contributed by atoms with van der Waals surface area (Å²) in [5.74, 6) is -2.64. The molecule has 32 heavy (non-hydrogen) atoms. The average molecular weight is 447 g/mol. The molecule has 5 unspecified atom stereocenters. The van der Waals surface area contributed by atoms with Crippen LogP contribution in [-0.2, 0) is 19.1 Å². The summed E-state index contributed by atoms with van der Waals surface area (Å²) < 4.78 is 11.0. The van der Waals surface area contributed by atoms with Gasteiger partial charge in [0, 0.05) is 32.0 Å². The van der Waals surface area contributed by atoms with Gasteiger partial charge in [0.1, 0.15) is 0 Å². The van der Waals surface area contributed by atoms with Crippen molar-refractivity contribution >= 4 is 11.9 Å². The van der Waals surface area contributed by atoms with Gasteiger partial charge >= 0.3 is 11.9 Å². The van der Waals surface area contributed by atoms with Crippen molar-refractivity contribution in [1.82, 2.24) is 10.2 Å². The molecular formula is C25H38N2O5. The standard InChI is InChI=1S/C25H38N2O5/c1-6-31-22(28)20-19(18-11-9-8-10-12-18)21(23(29)32-7-2)25(16-24(20,5)30)26-13-14-27(25)15-17(3)4/h8-12,17,19-21,26,30H,6-7,13-16H2,1-5H3. The zero-order chi connectivity index (χ0) is 23.5. The molecule has 1 aliphatic heterocycles. The summed E-state index contributed by atoms with van der Waals surface area (Å²) >= 11 is 0. The Bertz CT molecular complexity index is 797. The number of ether oxygens (including phenoxy) is 2. The second-order valence-electron chi connectivity index (χ2n) is 9.62. The molecule has 3 rings (SSSR count). The Hall–Kier alpha value is -1.96. The fourth-order valence-electron chi connectivity index (χ4n) is 5.80. The third kappa shape index (κ3) is 4.56. The fourth-order valence-corrected chi connectivity index (χ4v) is 5.80. The van der Waals surface area contributed by atoms with Crippen molar-refractivity contribution in [2.75, 3.05) is 32.8 Å². The molecule has 1 spiro atoms. The van der Waals surface area contributed by atoms with E-state index in [2.05, 4.69) is 24.1 Å². The first kappa shape index (κ1) is 24.7. The van der Waals surface area contributed by atoms with Crippen LogP contribution < -0.4 is 5.32 Å². The first-order valence-corrected chi connectivity index (χ1v) is 11.8. The molecule has 1 heterocycles. The van der Waals surface area contributed by atoms with Crippen LogP contribution in [0.4, 0.5) is 0 Å². The third-order valence-corrected chi connectivity index (χ3v) is 6.76. The maximum atomic E-state index is 13.6. The van der Waals surface area contributed by atoms with Gasteiger partial charge in [-0.05, 0) is 32.3 Å². The van der Waals surface area contributed by atoms with Crippen molar-refractivity contribution in [2.45, 2.75) is 58.2 Å². The molecule has 1 aromatic rings. The van der Waals surface area contributed by atoms with Gasteiger partial charge in [-0.1, -0.05) is 44.2 Å². The normalized spacial score (nSPS) is 32.9. The predicted molar refractivity (Wildman–Crippen MR) is 122 cm³/mol. The number of nitrogens with one attached hydrogen (secondary N) is 1. The van der Waals surface area contributed by atoms with E-state index in [4.69, 9.17) is 9.47 Å². The van der Waals surface area contributed by atoms with Crippen LogP contribution in [-0.4, -0.2) is 66.1 Å². The Labute approximate surface area is 191 Å². The molecule has 7 heteroatoms. The van der Waals surface area contributed by atoms with E-state index < -0.39 is 35.0 Å². The maximum Gasteiger partial charge on any atom is 0.312 e. The van der Waals surface area contributed by atoms with Crippen LogP contribution >= 0.6 is 0 Å². The summed E-state index contributed by atoms with van der Waals surface area (Å²) in [6.45, 7) is 12.2. The molecule has 1 aromatic carbocycles. The minimum atomic E-state index is -1.39. The van der Waals surface area contributed by atoms with Crippen LogP contribution in [0.15, 0.2) is 30.3 Å². The Balaban J connectivity index is 2.22. The maximum absolute atomic E-state index is 13.6. The van der Waals surface area contributed by atoms with Gasteiger partial charge in [0.05, 0.1) is 36.3 Å². The Morgan fingerprint density at radius 3 is 2.28 bits per heavy atom. The summed E-state index contributed by atoms with van der Waals surface area (Å²) in [6, 6.07) is 9.52. The molecule has 2 N–H and O–H groups in total. The number of carbonyl (C=O) groups excluding carboxylic acids is 2. The van der Waals surface area contributed by atoms with Crippen LogP contribution in [0.2, 0.25) is 0 Å². The summed E-state index contributed by atoms with van der Waals surface area (Å²) in [4.78, 5) is 29.1. The molecule has 0 radical (unpaired) electrons. The number of hydrogen-bond donors (Lipinski definition) is 2. The molecule has 0 amide bonds. The zero-order valence-corrected chi connectivity index (χ0v) is 20.0. The molecule has 0 bridgehead atoms. The second-order valence-corrected chi connectivity index (χ2v) is 9.62. The molecule has 1 saturated carbocycles. The quantitative estimate of drug-likeness (QED) is 0.622. The van der Waals surface area contributed by atoms with Crippen LogP contribution in [0.5, 0.6) is 0 Å². The van der Waals surface area contributed by atoms with E-state index in [0.717, 1.165) is 18.7 Å². The summed E-state index contributed by atoms with van der Waals surface area (Å²) in [7, 11) is 0. The SMILES string of the molecule is CCOC(=O)C1C(c2ccccc2)C(C(=O)OCC)C2(CC1(C)O)NCCN2CC(C)C. The van der Waals surface area contributed by atoms with E-state index in [9.17, 15) is 14.7 Å². The van der Waals surface area contributed by atoms with Crippen molar-refractivity contribution in [3.8, 4) is 0 Å². The average Bonchev–Trinajstić information content (AvgIpc) is 3.08. The molecule has 2 aliphatic rings. The Kier molecular flexibility index (Phi) is 7.63. The lowest BCUT2D eigenvalue weighted by molar-refractivity contribution is -0.189. The molecule has 1 aliphatic carbocycles. The van der Waals surface area contributed by atoms with Gasteiger partial charge in [0.25, 0.3) is 0 Å². The van der Waals surface area contributed by atoms with Crippen molar-refractivity contribution in [1.29, 1.82) is 0 Å². The minimum Gasteiger partial charge on any atom is -0.466 e. The number of benzene rings is 1. The smallest absolute Gasteiger partial charge is 0.312 e. The lowest BCUT2D eigenvalue weighted by atomic mass is 9.57. The van der Waals surface area contributed by atoms with Gasteiger partial charge in [-0.25, -0.2) is 0 Å². The number of hydrogen-bond acceptors (Lipinski definition) is 7. The minimum absolute atomic E-state index is 0.208. The van der Waals surface area contributed by atoms with Gasteiger partial charge in [0.2, 0.25) is 0 Å². The largest absolute Gasteiger partial charge is 0.466 e. The molecular weight excluding hydrogens is 408 g/mol. The highest BCUT2D eigenvalue weighted by molar-refractivity contribution is 5.81. The Morgan fingerprint density at radius 2 is 1.72 bits per heavy atom. The predicted octanol–water partition coefficient (Wildman–Crippen LogP) is 2.54. The first-order chi connectivity index (χ1) is 15.2. The molecule has 7 nitrogen and oxygen atoms in total. The fraction of sp³-hybridized carbons (Fsp3) is 0.680. The number of carbonyl (C=O) groups is 2. The topological polar surface area (TPSA) is 88.1 Å². The van der Waals surface area contributed by atoms with E-state index in [1.165, 1.54) is 0 Å². The molecule has 2 fully saturated rings. The van der Waals surface area contributed by atoms with Crippen LogP contribution in [0, 0.1) is 17.8 Å². The highest BCUT2D eigenvalue weighted by atomic mass is 16.5. The molecule has 0 aromatic heterocycles. The summed E-state index contributed by atoms with van der Waals surface area (Å²) in [6.07, 6.45) is 0.225. The highest BCUT2D eigenvalue weighted by Crippen LogP contribution is 2.54. The first-order valence-electron chi connectivity index (χ1n) is 11.8. The highest BCUT2D eigenvalue weighted by Gasteiger charge is 2.66.